The molecule has 1 amide bonds. The molecule has 11 heteroatoms. The van der Waals surface area contributed by atoms with Gasteiger partial charge in [-0.05, 0) is 75.0 Å². The van der Waals surface area contributed by atoms with Crippen molar-refractivity contribution in [1.82, 2.24) is 24.8 Å². The molecule has 234 valence electrons. The van der Waals surface area contributed by atoms with Gasteiger partial charge < -0.3 is 30.9 Å². The first-order valence-corrected chi connectivity index (χ1v) is 15.8. The summed E-state index contributed by atoms with van der Waals surface area (Å²) in [5.74, 6) is 0.215. The Morgan fingerprint density at radius 1 is 1.00 bits per heavy atom. The predicted molar refractivity (Wildman–Crippen MR) is 175 cm³/mol. The number of hydrogen-bond donors (Lipinski definition) is 3. The molecule has 2 aromatic heterocycles. The van der Waals surface area contributed by atoms with Gasteiger partial charge in [0.25, 0.3) is 5.91 Å². The number of piperazine rings is 1. The maximum absolute atomic E-state index is 12.7. The van der Waals surface area contributed by atoms with Crippen LogP contribution in [0.3, 0.4) is 0 Å². The third-order valence-electron chi connectivity index (χ3n) is 9.00. The third-order valence-corrected chi connectivity index (χ3v) is 9.00. The fourth-order valence-corrected chi connectivity index (χ4v) is 6.49. The van der Waals surface area contributed by atoms with Crippen molar-refractivity contribution >= 4 is 28.9 Å². The van der Waals surface area contributed by atoms with Crippen LogP contribution in [0.4, 0.5) is 23.0 Å². The molecule has 3 fully saturated rings. The summed E-state index contributed by atoms with van der Waals surface area (Å²) >= 11 is 0. The van der Waals surface area contributed by atoms with E-state index in [2.05, 4.69) is 44.5 Å². The highest BCUT2D eigenvalue weighted by Crippen LogP contribution is 2.33. The Morgan fingerprint density at radius 2 is 1.75 bits per heavy atom. The summed E-state index contributed by atoms with van der Waals surface area (Å²) in [5, 5.41) is 6.91. The number of aryl methyl sites for hydroxylation is 1. The molecule has 0 spiro atoms. The Labute approximate surface area is 264 Å². The van der Waals surface area contributed by atoms with Gasteiger partial charge in [0.1, 0.15) is 5.69 Å². The van der Waals surface area contributed by atoms with Gasteiger partial charge in [0, 0.05) is 98.0 Å². The molecule has 0 bridgehead atoms. The molecule has 1 aromatic carbocycles. The standard InChI is InChI=1S/C33H45N9O2/c1-3-23-22-26(4-5-28(23)42-14-8-27(9-15-42)41-18-16-40(2)17-19-41)37-33-30(31(34)43)38-29(24-6-12-35-13-7-24)32(39-33)36-25-10-20-44-21-11-25/h4-7,12-13,22,25,27H,3,8-11,14-21H2,1-2H3,(H2,34,43)(H2,36,37,39)/i2D3. The zero-order valence-corrected chi connectivity index (χ0v) is 25.5. The molecule has 3 aliphatic heterocycles. The van der Waals surface area contributed by atoms with Gasteiger partial charge in [-0.25, -0.2) is 9.97 Å². The Hall–Kier alpha value is -3.80. The van der Waals surface area contributed by atoms with Crippen LogP contribution in [0.2, 0.25) is 0 Å². The Bertz CT molecular complexity index is 1520. The first-order valence-electron chi connectivity index (χ1n) is 17.3. The monoisotopic (exact) mass is 602 g/mol. The van der Waals surface area contributed by atoms with Gasteiger partial charge in [-0.1, -0.05) is 6.92 Å². The second-order valence-corrected chi connectivity index (χ2v) is 11.8. The van der Waals surface area contributed by atoms with E-state index in [1.54, 1.807) is 17.3 Å². The van der Waals surface area contributed by atoms with Crippen molar-refractivity contribution < 1.29 is 13.6 Å². The van der Waals surface area contributed by atoms with E-state index in [-0.39, 0.29) is 11.7 Å². The van der Waals surface area contributed by atoms with Crippen LogP contribution in [-0.4, -0.2) is 102 Å². The zero-order chi connectivity index (χ0) is 33.0. The van der Waals surface area contributed by atoms with E-state index in [1.165, 1.54) is 11.3 Å². The van der Waals surface area contributed by atoms with Crippen LogP contribution in [-0.2, 0) is 11.2 Å². The summed E-state index contributed by atoms with van der Waals surface area (Å²) in [6, 6.07) is 10.6. The fourth-order valence-electron chi connectivity index (χ4n) is 6.49. The lowest BCUT2D eigenvalue weighted by atomic mass is 10.00. The number of nitrogens with one attached hydrogen (secondary N) is 2. The third kappa shape index (κ3) is 6.95. The molecule has 11 nitrogen and oxygen atoms in total. The van der Waals surface area contributed by atoms with Crippen molar-refractivity contribution in [2.24, 2.45) is 5.73 Å². The van der Waals surface area contributed by atoms with E-state index in [0.717, 1.165) is 69.5 Å². The van der Waals surface area contributed by atoms with Crippen molar-refractivity contribution in [3.8, 4) is 11.3 Å². The predicted octanol–water partition coefficient (Wildman–Crippen LogP) is 3.75. The van der Waals surface area contributed by atoms with Crippen molar-refractivity contribution in [1.29, 1.82) is 0 Å². The lowest BCUT2D eigenvalue weighted by Crippen LogP contribution is -2.52. The molecule has 3 aromatic rings. The molecular weight excluding hydrogens is 554 g/mol. The first-order chi connectivity index (χ1) is 22.7. The van der Waals surface area contributed by atoms with Gasteiger partial charge in [0.2, 0.25) is 0 Å². The molecule has 0 radical (unpaired) electrons. The Kier molecular flexibility index (Phi) is 8.39. The minimum absolute atomic E-state index is 0.0678. The molecule has 3 aliphatic rings. The lowest BCUT2D eigenvalue weighted by Gasteiger charge is -2.43. The van der Waals surface area contributed by atoms with Gasteiger partial charge >= 0.3 is 0 Å². The van der Waals surface area contributed by atoms with Crippen molar-refractivity contribution in [2.45, 2.75) is 51.1 Å². The molecule has 44 heavy (non-hydrogen) atoms. The normalized spacial score (nSPS) is 20.5. The highest BCUT2D eigenvalue weighted by atomic mass is 16.5. The number of anilines is 4. The van der Waals surface area contributed by atoms with Crippen molar-refractivity contribution in [3.05, 3.63) is 54.0 Å². The number of rotatable bonds is 9. The Morgan fingerprint density at radius 3 is 2.43 bits per heavy atom. The van der Waals surface area contributed by atoms with Gasteiger partial charge in [-0.2, -0.15) is 0 Å². The maximum atomic E-state index is 12.7. The molecular formula is C33H45N9O2. The van der Waals surface area contributed by atoms with E-state index >= 15 is 0 Å². The average Bonchev–Trinajstić information content (AvgIpc) is 3.09. The number of ether oxygens (including phenoxy) is 1. The minimum Gasteiger partial charge on any atom is -0.381 e. The topological polar surface area (TPSA) is 125 Å². The number of benzene rings is 1. The van der Waals surface area contributed by atoms with E-state index in [0.29, 0.717) is 49.7 Å². The van der Waals surface area contributed by atoms with Crippen molar-refractivity contribution in [3.63, 3.8) is 0 Å². The number of pyridine rings is 1. The second-order valence-electron chi connectivity index (χ2n) is 11.8. The van der Waals surface area contributed by atoms with E-state index in [9.17, 15) is 4.79 Å². The maximum Gasteiger partial charge on any atom is 0.271 e. The van der Waals surface area contributed by atoms with E-state index in [1.807, 2.05) is 18.2 Å². The number of likely N-dealkylation sites (N-methyl/N-ethyl adjacent to an activating group) is 1. The number of aromatic nitrogens is 3. The van der Waals surface area contributed by atoms with E-state index in [4.69, 9.17) is 24.6 Å². The van der Waals surface area contributed by atoms with Gasteiger partial charge in [0.05, 0.1) is 0 Å². The molecule has 0 saturated carbocycles. The van der Waals surface area contributed by atoms with Crippen LogP contribution in [0.25, 0.3) is 11.3 Å². The first kappa shape index (κ1) is 26.6. The number of primary amides is 1. The molecule has 5 heterocycles. The molecule has 6 rings (SSSR count). The lowest BCUT2D eigenvalue weighted by molar-refractivity contribution is 0.0904. The highest BCUT2D eigenvalue weighted by Gasteiger charge is 2.28. The Balaban J connectivity index is 1.19. The number of nitrogens with zero attached hydrogens (tertiary/aromatic N) is 6. The average molecular weight is 603 g/mol. The number of carbonyl (C=O) groups is 1. The molecule has 3 saturated heterocycles. The van der Waals surface area contributed by atoms with Crippen LogP contribution in [0.5, 0.6) is 0 Å². The smallest absolute Gasteiger partial charge is 0.271 e. The second kappa shape index (κ2) is 13.9. The molecule has 4 N–H and O–H groups in total. The van der Waals surface area contributed by atoms with Gasteiger partial charge in [-0.15, -0.1) is 0 Å². The van der Waals surface area contributed by atoms with Gasteiger partial charge in [-0.3, -0.25) is 14.7 Å². The van der Waals surface area contributed by atoms with Crippen LogP contribution in [0.15, 0.2) is 42.7 Å². The number of amides is 1. The largest absolute Gasteiger partial charge is 0.381 e. The molecule has 0 aliphatic carbocycles. The van der Waals surface area contributed by atoms with Gasteiger partial charge in [0.15, 0.2) is 17.3 Å². The minimum atomic E-state index is -2.01. The summed E-state index contributed by atoms with van der Waals surface area (Å²) in [7, 11) is 0. The molecule has 0 unspecified atom stereocenters. The SMILES string of the molecule is [2H]C([2H])([2H])N1CCN(C2CCN(c3ccc(Nc4nc(NC5CCOCC5)c(-c5ccncc5)nc4C(N)=O)cc3CC)CC2)CC1. The quantitative estimate of drug-likeness (QED) is 0.334. The number of nitrogens with two attached hydrogens (primary N) is 1. The summed E-state index contributed by atoms with van der Waals surface area (Å²) < 4.78 is 28.6. The molecule has 0 atom stereocenters. The number of piperidine rings is 1. The van der Waals surface area contributed by atoms with Crippen LogP contribution < -0.4 is 21.3 Å². The fraction of sp³-hybridized carbons (Fsp3) is 0.515. The zero-order valence-electron chi connectivity index (χ0n) is 28.5. The van der Waals surface area contributed by atoms with Crippen LogP contribution >= 0.6 is 0 Å². The summed E-state index contributed by atoms with van der Waals surface area (Å²) in [4.78, 5) is 33.0. The van der Waals surface area contributed by atoms with E-state index < -0.39 is 12.9 Å². The summed E-state index contributed by atoms with van der Waals surface area (Å²) in [5.41, 5.74) is 10.5. The van der Waals surface area contributed by atoms with Crippen molar-refractivity contribution in [2.75, 3.05) is 75.0 Å². The van der Waals surface area contributed by atoms with Crippen LogP contribution in [0, 0.1) is 0 Å². The highest BCUT2D eigenvalue weighted by molar-refractivity contribution is 5.97. The summed E-state index contributed by atoms with van der Waals surface area (Å²) in [6.07, 6.45) is 7.99. The number of carbonyl (C=O) groups excluding carboxylic acids is 1. The number of hydrogen-bond acceptors (Lipinski definition) is 10. The summed E-state index contributed by atoms with van der Waals surface area (Å²) in [6.45, 7) is 6.16. The van der Waals surface area contributed by atoms with Crippen LogP contribution in [0.1, 0.15) is 52.8 Å².